The Hall–Kier alpha value is -2.50. The minimum atomic E-state index is -0.512. The predicted molar refractivity (Wildman–Crippen MR) is 60.9 cm³/mol. The van der Waals surface area contributed by atoms with E-state index in [2.05, 4.69) is 10.4 Å². The molecule has 3 N–H and O–H groups in total. The Kier molecular flexibility index (Phi) is 2.70. The fourth-order valence-electron chi connectivity index (χ4n) is 1.39. The van der Waals surface area contributed by atoms with Gasteiger partial charge in [-0.2, -0.15) is 5.10 Å². The van der Waals surface area contributed by atoms with Crippen molar-refractivity contribution in [1.29, 1.82) is 0 Å². The van der Waals surface area contributed by atoms with Gasteiger partial charge in [-0.15, -0.1) is 0 Å². The molecular weight excluding hydrogens is 222 g/mol. The largest absolute Gasteiger partial charge is 0.508 e. The maximum Gasteiger partial charge on any atom is 0.260 e. The van der Waals surface area contributed by atoms with Crippen LogP contribution in [0.15, 0.2) is 30.5 Å². The van der Waals surface area contributed by atoms with Gasteiger partial charge in [0.25, 0.3) is 5.91 Å². The van der Waals surface area contributed by atoms with Gasteiger partial charge >= 0.3 is 0 Å². The lowest BCUT2D eigenvalue weighted by molar-refractivity contribution is 0.102. The number of phenols is 2. The van der Waals surface area contributed by atoms with Crippen LogP contribution in [0, 0.1) is 0 Å². The fraction of sp³-hybridized carbons (Fsp3) is 0.0909. The van der Waals surface area contributed by atoms with E-state index in [1.165, 1.54) is 29.1 Å². The number of hydrogen-bond acceptors (Lipinski definition) is 4. The van der Waals surface area contributed by atoms with Crippen molar-refractivity contribution in [3.8, 4) is 11.5 Å². The molecule has 0 saturated carbocycles. The third kappa shape index (κ3) is 2.20. The first-order chi connectivity index (χ1) is 8.08. The summed E-state index contributed by atoms with van der Waals surface area (Å²) in [5.74, 6) is -0.292. The lowest BCUT2D eigenvalue weighted by atomic mass is 10.2. The van der Waals surface area contributed by atoms with Crippen molar-refractivity contribution in [2.24, 2.45) is 7.05 Å². The van der Waals surface area contributed by atoms with Gasteiger partial charge in [-0.25, -0.2) is 0 Å². The number of carbonyl (C=O) groups excluding carboxylic acids is 1. The minimum Gasteiger partial charge on any atom is -0.508 e. The van der Waals surface area contributed by atoms with Crippen LogP contribution in [0.25, 0.3) is 0 Å². The number of carbonyl (C=O) groups is 1. The second-order valence-electron chi connectivity index (χ2n) is 3.50. The Labute approximate surface area is 97.1 Å². The van der Waals surface area contributed by atoms with E-state index >= 15 is 0 Å². The Balaban J connectivity index is 2.26. The number of aromatic hydroxyl groups is 2. The van der Waals surface area contributed by atoms with Crippen LogP contribution in [0.1, 0.15) is 10.4 Å². The Morgan fingerprint density at radius 3 is 2.76 bits per heavy atom. The molecule has 2 rings (SSSR count). The van der Waals surface area contributed by atoms with Crippen molar-refractivity contribution < 1.29 is 15.0 Å². The lowest BCUT2D eigenvalue weighted by Crippen LogP contribution is -2.14. The maximum atomic E-state index is 11.8. The first kappa shape index (κ1) is 11.0. The van der Waals surface area contributed by atoms with E-state index in [1.54, 1.807) is 13.1 Å². The number of nitrogens with one attached hydrogen (secondary N) is 1. The van der Waals surface area contributed by atoms with Gasteiger partial charge in [-0.3, -0.25) is 9.48 Å². The van der Waals surface area contributed by atoms with E-state index < -0.39 is 5.91 Å². The van der Waals surface area contributed by atoms with Crippen molar-refractivity contribution >= 4 is 11.7 Å². The Bertz CT molecular complexity index is 563. The van der Waals surface area contributed by atoms with Gasteiger partial charge in [-0.1, -0.05) is 0 Å². The molecule has 0 radical (unpaired) electrons. The number of phenolic OH excluding ortho intramolecular Hbond substituents is 2. The quantitative estimate of drug-likeness (QED) is 0.677. The van der Waals surface area contributed by atoms with E-state index in [9.17, 15) is 15.0 Å². The molecule has 0 atom stereocenters. The SMILES string of the molecule is Cn1nccc1NC(=O)c1cc(O)ccc1O. The molecule has 0 unspecified atom stereocenters. The summed E-state index contributed by atoms with van der Waals surface area (Å²) in [7, 11) is 1.68. The zero-order valence-electron chi connectivity index (χ0n) is 9.08. The molecule has 88 valence electrons. The van der Waals surface area contributed by atoms with Gasteiger partial charge < -0.3 is 15.5 Å². The van der Waals surface area contributed by atoms with Crippen LogP contribution < -0.4 is 5.32 Å². The highest BCUT2D eigenvalue weighted by molar-refractivity contribution is 6.05. The van der Waals surface area contributed by atoms with Crippen molar-refractivity contribution in [3.63, 3.8) is 0 Å². The van der Waals surface area contributed by atoms with Crippen molar-refractivity contribution in [2.75, 3.05) is 5.32 Å². The van der Waals surface area contributed by atoms with E-state index in [-0.39, 0.29) is 17.1 Å². The van der Waals surface area contributed by atoms with Crippen LogP contribution in [0.3, 0.4) is 0 Å². The first-order valence-electron chi connectivity index (χ1n) is 4.89. The van der Waals surface area contributed by atoms with Crippen LogP contribution in [0.2, 0.25) is 0 Å². The third-order valence-corrected chi connectivity index (χ3v) is 2.29. The molecule has 0 bridgehead atoms. The van der Waals surface area contributed by atoms with E-state index in [1.807, 2.05) is 0 Å². The summed E-state index contributed by atoms with van der Waals surface area (Å²) >= 11 is 0. The molecule has 2 aromatic rings. The van der Waals surface area contributed by atoms with Gasteiger partial charge in [-0.05, 0) is 18.2 Å². The molecule has 1 heterocycles. The number of anilines is 1. The van der Waals surface area contributed by atoms with Crippen molar-refractivity contribution in [3.05, 3.63) is 36.0 Å². The number of rotatable bonds is 2. The third-order valence-electron chi connectivity index (χ3n) is 2.29. The zero-order chi connectivity index (χ0) is 12.4. The lowest BCUT2D eigenvalue weighted by Gasteiger charge is -2.07. The van der Waals surface area contributed by atoms with Gasteiger partial charge in [0.05, 0.1) is 11.8 Å². The van der Waals surface area contributed by atoms with Crippen LogP contribution >= 0.6 is 0 Å². The highest BCUT2D eigenvalue weighted by Crippen LogP contribution is 2.22. The van der Waals surface area contributed by atoms with Crippen molar-refractivity contribution in [2.45, 2.75) is 0 Å². The summed E-state index contributed by atoms with van der Waals surface area (Å²) in [6.45, 7) is 0. The number of benzene rings is 1. The number of aromatic nitrogens is 2. The van der Waals surface area contributed by atoms with Gasteiger partial charge in [0.15, 0.2) is 0 Å². The maximum absolute atomic E-state index is 11.8. The molecule has 0 spiro atoms. The number of aryl methyl sites for hydroxylation is 1. The topological polar surface area (TPSA) is 87.4 Å². The van der Waals surface area contributed by atoms with Crippen LogP contribution in [0.4, 0.5) is 5.82 Å². The van der Waals surface area contributed by atoms with Crippen LogP contribution in [0.5, 0.6) is 11.5 Å². The van der Waals surface area contributed by atoms with E-state index in [4.69, 9.17) is 0 Å². The molecule has 1 amide bonds. The van der Waals surface area contributed by atoms with Gasteiger partial charge in [0, 0.05) is 13.1 Å². The Morgan fingerprint density at radius 1 is 1.35 bits per heavy atom. The van der Waals surface area contributed by atoms with E-state index in [0.717, 1.165) is 0 Å². The molecule has 0 aliphatic carbocycles. The normalized spacial score (nSPS) is 10.2. The molecule has 0 aliphatic rings. The summed E-state index contributed by atoms with van der Waals surface area (Å²) in [5, 5.41) is 25.2. The summed E-state index contributed by atoms with van der Waals surface area (Å²) in [5.41, 5.74) is 0.00574. The summed E-state index contributed by atoms with van der Waals surface area (Å²) in [4.78, 5) is 11.8. The number of hydrogen-bond donors (Lipinski definition) is 3. The Morgan fingerprint density at radius 2 is 2.12 bits per heavy atom. The standard InChI is InChI=1S/C11H11N3O3/c1-14-10(4-5-12-14)13-11(17)8-6-7(15)2-3-9(8)16/h2-6,15-16H,1H3,(H,13,17). The molecular formula is C11H11N3O3. The van der Waals surface area contributed by atoms with Crippen molar-refractivity contribution in [1.82, 2.24) is 9.78 Å². The minimum absolute atomic E-state index is 0.00574. The van der Waals surface area contributed by atoms with Gasteiger partial charge in [0.2, 0.25) is 0 Å². The average Bonchev–Trinajstić information content (AvgIpc) is 2.68. The second kappa shape index (κ2) is 4.17. The zero-order valence-corrected chi connectivity index (χ0v) is 9.08. The summed E-state index contributed by atoms with van der Waals surface area (Å²) in [6, 6.07) is 5.38. The smallest absolute Gasteiger partial charge is 0.260 e. The highest BCUT2D eigenvalue weighted by atomic mass is 16.3. The molecule has 1 aromatic heterocycles. The molecule has 0 aliphatic heterocycles. The van der Waals surface area contributed by atoms with E-state index in [0.29, 0.717) is 5.82 Å². The van der Waals surface area contributed by atoms with Crippen LogP contribution in [-0.4, -0.2) is 25.9 Å². The number of nitrogens with zero attached hydrogens (tertiary/aromatic N) is 2. The molecule has 0 saturated heterocycles. The molecule has 6 nitrogen and oxygen atoms in total. The monoisotopic (exact) mass is 233 g/mol. The van der Waals surface area contributed by atoms with Crippen LogP contribution in [-0.2, 0) is 7.05 Å². The molecule has 6 heteroatoms. The summed E-state index contributed by atoms with van der Waals surface area (Å²) < 4.78 is 1.48. The van der Waals surface area contributed by atoms with Gasteiger partial charge in [0.1, 0.15) is 17.3 Å². The summed E-state index contributed by atoms with van der Waals surface area (Å²) in [6.07, 6.45) is 1.54. The fourth-order valence-corrected chi connectivity index (χ4v) is 1.39. The molecule has 17 heavy (non-hydrogen) atoms. The molecule has 1 aromatic carbocycles. The first-order valence-corrected chi connectivity index (χ1v) is 4.89. The second-order valence-corrected chi connectivity index (χ2v) is 3.50. The average molecular weight is 233 g/mol. The highest BCUT2D eigenvalue weighted by Gasteiger charge is 2.13. The predicted octanol–water partition coefficient (Wildman–Crippen LogP) is 1.08. The molecule has 0 fully saturated rings. The number of amides is 1.